The number of nitrogens with zero attached hydrogens (tertiary/aromatic N) is 3. The average Bonchev–Trinajstić information content (AvgIpc) is 3.15. The smallest absolute Gasteiger partial charge is 0.343 e. The highest BCUT2D eigenvalue weighted by Gasteiger charge is 2.45. The third kappa shape index (κ3) is 3.15. The van der Waals surface area contributed by atoms with Crippen LogP contribution in [0.3, 0.4) is 0 Å². The molecule has 1 atom stereocenters. The van der Waals surface area contributed by atoms with E-state index >= 15 is 0 Å². The van der Waals surface area contributed by atoms with Crippen LogP contribution in [-0.4, -0.2) is 50.8 Å². The molecule has 5 rings (SSSR count). The van der Waals surface area contributed by atoms with Crippen LogP contribution in [0.25, 0.3) is 22.3 Å². The van der Waals surface area contributed by atoms with E-state index in [9.17, 15) is 19.8 Å². The van der Waals surface area contributed by atoms with Crippen LogP contribution in [0.1, 0.15) is 35.6 Å². The number of esters is 1. The number of aliphatic hydroxyl groups is 1. The molecule has 0 saturated heterocycles. The number of nitrogens with two attached hydrogens (primary N) is 1. The van der Waals surface area contributed by atoms with Gasteiger partial charge < -0.3 is 30.2 Å². The Labute approximate surface area is 190 Å². The second-order valence-corrected chi connectivity index (χ2v) is 8.76. The van der Waals surface area contributed by atoms with E-state index in [4.69, 9.17) is 15.5 Å². The van der Waals surface area contributed by atoms with Gasteiger partial charge in [0, 0.05) is 41.7 Å². The van der Waals surface area contributed by atoms with Gasteiger partial charge in [0.25, 0.3) is 5.56 Å². The van der Waals surface area contributed by atoms with Crippen LogP contribution in [0.2, 0.25) is 0 Å². The van der Waals surface area contributed by atoms with Crippen LogP contribution in [0.4, 0.5) is 0 Å². The van der Waals surface area contributed by atoms with Gasteiger partial charge in [-0.2, -0.15) is 0 Å². The summed E-state index contributed by atoms with van der Waals surface area (Å²) in [6.07, 6.45) is 0.0959. The van der Waals surface area contributed by atoms with Gasteiger partial charge in [-0.3, -0.25) is 4.79 Å². The molecule has 2 aliphatic heterocycles. The first-order chi connectivity index (χ1) is 15.8. The van der Waals surface area contributed by atoms with Crippen molar-refractivity contribution in [2.75, 3.05) is 20.1 Å². The van der Waals surface area contributed by atoms with Crippen molar-refractivity contribution >= 4 is 16.9 Å². The Hall–Kier alpha value is -3.27. The first kappa shape index (κ1) is 21.6. The Balaban J connectivity index is 1.69. The molecule has 9 nitrogen and oxygen atoms in total. The summed E-state index contributed by atoms with van der Waals surface area (Å²) >= 11 is 0. The third-order valence-electron chi connectivity index (χ3n) is 6.72. The summed E-state index contributed by atoms with van der Waals surface area (Å²) in [5.41, 5.74) is 7.57. The number of phenols is 1. The highest BCUT2D eigenvalue weighted by Crippen LogP contribution is 2.39. The second kappa shape index (κ2) is 7.65. The third-order valence-corrected chi connectivity index (χ3v) is 6.72. The minimum Gasteiger partial charge on any atom is -0.508 e. The van der Waals surface area contributed by atoms with Gasteiger partial charge in [-0.1, -0.05) is 6.92 Å². The predicted octanol–water partition coefficient (Wildman–Crippen LogP) is 1.18. The van der Waals surface area contributed by atoms with Crippen LogP contribution < -0.4 is 11.3 Å². The number of pyridine rings is 2. The zero-order valence-corrected chi connectivity index (χ0v) is 18.6. The molecule has 0 radical (unpaired) electrons. The Kier molecular flexibility index (Phi) is 5.00. The van der Waals surface area contributed by atoms with Crippen LogP contribution in [-0.2, 0) is 34.8 Å². The van der Waals surface area contributed by atoms with Gasteiger partial charge in [0.2, 0.25) is 0 Å². The normalized spacial score (nSPS) is 18.9. The van der Waals surface area contributed by atoms with Gasteiger partial charge in [0.05, 0.1) is 29.0 Å². The number of benzene rings is 1. The average molecular weight is 450 g/mol. The van der Waals surface area contributed by atoms with Crippen LogP contribution in [0, 0.1) is 0 Å². The number of phenolic OH excluding ortho intramolecular Hbond substituents is 1. The lowest BCUT2D eigenvalue weighted by Gasteiger charge is -2.31. The van der Waals surface area contributed by atoms with Crippen molar-refractivity contribution < 1.29 is 19.7 Å². The number of rotatable bonds is 5. The molecule has 0 aliphatic carbocycles. The van der Waals surface area contributed by atoms with E-state index in [1.807, 2.05) is 18.0 Å². The quantitative estimate of drug-likeness (QED) is 0.386. The van der Waals surface area contributed by atoms with E-state index < -0.39 is 11.6 Å². The van der Waals surface area contributed by atoms with E-state index in [0.29, 0.717) is 54.2 Å². The fourth-order valence-corrected chi connectivity index (χ4v) is 4.84. The van der Waals surface area contributed by atoms with Crippen LogP contribution >= 0.6 is 0 Å². The van der Waals surface area contributed by atoms with Gasteiger partial charge in [-0.15, -0.1) is 0 Å². The van der Waals surface area contributed by atoms with Crippen molar-refractivity contribution in [1.82, 2.24) is 14.5 Å². The number of aromatic nitrogens is 2. The zero-order chi connectivity index (χ0) is 23.5. The van der Waals surface area contributed by atoms with Gasteiger partial charge >= 0.3 is 5.97 Å². The highest BCUT2D eigenvalue weighted by atomic mass is 16.6. The molecule has 4 heterocycles. The lowest BCUT2D eigenvalue weighted by Crippen LogP contribution is -2.44. The SMILES string of the molecule is CCC1(O)C(=O)OCc2c1cc1n(c2=O)Cc2cc3c(CN(C)CCN)c(O)ccc3nc2-1. The molecule has 1 unspecified atom stereocenters. The molecule has 2 aromatic heterocycles. The standard InChI is InChI=1S/C24H26N4O5/c1-3-24(32)17-9-19-21-13(10-28(19)22(30)16(17)12-33-23(24)31)8-14-15(11-27(2)7-6-25)20(29)5-4-18(14)26-21/h4-5,8-9,29,32H,3,6-7,10-12,25H2,1-2H3. The largest absolute Gasteiger partial charge is 0.508 e. The van der Waals surface area contributed by atoms with E-state index in [1.165, 1.54) is 0 Å². The maximum absolute atomic E-state index is 13.3. The fourth-order valence-electron chi connectivity index (χ4n) is 4.84. The minimum atomic E-state index is -1.85. The Bertz CT molecular complexity index is 1370. The van der Waals surface area contributed by atoms with Gasteiger partial charge in [0.1, 0.15) is 12.4 Å². The summed E-state index contributed by atoms with van der Waals surface area (Å²) in [4.78, 5) is 32.5. The second-order valence-electron chi connectivity index (χ2n) is 8.76. The number of likely N-dealkylation sites (N-methyl/N-ethyl adjacent to an activating group) is 1. The first-order valence-corrected chi connectivity index (χ1v) is 11.0. The molecule has 1 aromatic carbocycles. The molecule has 0 amide bonds. The molecule has 3 aromatic rings. The van der Waals surface area contributed by atoms with Gasteiger partial charge in [0.15, 0.2) is 5.60 Å². The van der Waals surface area contributed by atoms with Crippen LogP contribution in [0.15, 0.2) is 29.1 Å². The minimum absolute atomic E-state index is 0.0959. The summed E-state index contributed by atoms with van der Waals surface area (Å²) < 4.78 is 6.72. The van der Waals surface area contributed by atoms with E-state index in [1.54, 1.807) is 29.7 Å². The predicted molar refractivity (Wildman–Crippen MR) is 122 cm³/mol. The molecule has 172 valence electrons. The van der Waals surface area contributed by atoms with Crippen molar-refractivity contribution in [3.63, 3.8) is 0 Å². The number of hydrogen-bond donors (Lipinski definition) is 3. The van der Waals surface area contributed by atoms with E-state index in [0.717, 1.165) is 16.5 Å². The molecule has 0 saturated carbocycles. The number of hydrogen-bond acceptors (Lipinski definition) is 8. The molecule has 0 bridgehead atoms. The van der Waals surface area contributed by atoms with Crippen molar-refractivity contribution in [1.29, 1.82) is 0 Å². The van der Waals surface area contributed by atoms with E-state index in [2.05, 4.69) is 0 Å². The van der Waals surface area contributed by atoms with Crippen molar-refractivity contribution in [3.8, 4) is 17.1 Å². The topological polar surface area (TPSA) is 131 Å². The lowest BCUT2D eigenvalue weighted by molar-refractivity contribution is -0.172. The molecule has 2 aliphatic rings. The molecule has 9 heteroatoms. The summed E-state index contributed by atoms with van der Waals surface area (Å²) in [7, 11) is 1.93. The zero-order valence-electron chi connectivity index (χ0n) is 18.6. The van der Waals surface area contributed by atoms with E-state index in [-0.39, 0.29) is 24.3 Å². The highest BCUT2D eigenvalue weighted by molar-refractivity contribution is 5.89. The van der Waals surface area contributed by atoms with Gasteiger partial charge in [-0.25, -0.2) is 9.78 Å². The number of fused-ring (bicyclic) bond motifs is 5. The van der Waals surface area contributed by atoms with Crippen molar-refractivity contribution in [2.24, 2.45) is 5.73 Å². The Morgan fingerprint density at radius 2 is 2.09 bits per heavy atom. The number of carbonyl (C=O) groups is 1. The summed E-state index contributed by atoms with van der Waals surface area (Å²) in [6.45, 7) is 3.52. The summed E-state index contributed by atoms with van der Waals surface area (Å²) in [5.74, 6) is -0.562. The molecule has 0 fully saturated rings. The fraction of sp³-hybridized carbons (Fsp3) is 0.375. The number of ether oxygens (including phenoxy) is 1. The lowest BCUT2D eigenvalue weighted by atomic mass is 9.86. The Morgan fingerprint density at radius 1 is 1.30 bits per heavy atom. The van der Waals surface area contributed by atoms with Gasteiger partial charge in [-0.05, 0) is 37.7 Å². The molecule has 33 heavy (non-hydrogen) atoms. The molecular weight excluding hydrogens is 424 g/mol. The first-order valence-electron chi connectivity index (χ1n) is 11.0. The number of cyclic esters (lactones) is 1. The number of carbonyl (C=O) groups excluding carboxylic acids is 1. The molecule has 4 N–H and O–H groups in total. The molecular formula is C24H26N4O5. The summed E-state index contributed by atoms with van der Waals surface area (Å²) in [6, 6.07) is 7.02. The van der Waals surface area contributed by atoms with Crippen molar-refractivity contribution in [2.45, 2.75) is 38.6 Å². The Morgan fingerprint density at radius 3 is 2.82 bits per heavy atom. The maximum atomic E-state index is 13.3. The monoisotopic (exact) mass is 450 g/mol. The molecule has 0 spiro atoms. The number of aromatic hydroxyl groups is 1. The van der Waals surface area contributed by atoms with Crippen LogP contribution in [0.5, 0.6) is 5.75 Å². The maximum Gasteiger partial charge on any atom is 0.343 e. The summed E-state index contributed by atoms with van der Waals surface area (Å²) in [5, 5.41) is 22.3. The van der Waals surface area contributed by atoms with Crippen molar-refractivity contribution in [3.05, 3.63) is 56.9 Å².